The Kier molecular flexibility index (Phi) is 6.05. The summed E-state index contributed by atoms with van der Waals surface area (Å²) in [6.45, 7) is 0. The Bertz CT molecular complexity index is 2610. The first-order valence-corrected chi connectivity index (χ1v) is 15.5. The second-order valence-corrected chi connectivity index (χ2v) is 11.8. The summed E-state index contributed by atoms with van der Waals surface area (Å²) in [5, 5.41) is 20.8. The van der Waals surface area contributed by atoms with Gasteiger partial charge in [0, 0.05) is 33.0 Å². The summed E-state index contributed by atoms with van der Waals surface area (Å²) in [5.74, 6) is 0.606. The molecule has 47 heavy (non-hydrogen) atoms. The van der Waals surface area contributed by atoms with Crippen molar-refractivity contribution in [3.05, 3.63) is 151 Å². The van der Waals surface area contributed by atoms with Gasteiger partial charge >= 0.3 is 0 Å². The third kappa shape index (κ3) is 4.48. The highest BCUT2D eigenvalue weighted by Crippen LogP contribution is 2.38. The Morgan fingerprint density at radius 2 is 1.28 bits per heavy atom. The number of rotatable bonds is 4. The van der Waals surface area contributed by atoms with E-state index in [0.717, 1.165) is 83.0 Å². The van der Waals surface area contributed by atoms with Crippen molar-refractivity contribution in [2.45, 2.75) is 0 Å². The summed E-state index contributed by atoms with van der Waals surface area (Å²) >= 11 is 0. The molecule has 0 radical (unpaired) electrons. The van der Waals surface area contributed by atoms with Gasteiger partial charge in [-0.05, 0) is 63.9 Å². The van der Waals surface area contributed by atoms with Crippen molar-refractivity contribution >= 4 is 50.2 Å². The fraction of sp³-hybridized carbons (Fsp3) is 0. The molecule has 0 saturated heterocycles. The Hall–Kier alpha value is -6.46. The molecule has 0 fully saturated rings. The van der Waals surface area contributed by atoms with Crippen molar-refractivity contribution in [2.75, 3.05) is 0 Å². The molecule has 2 heterocycles. The summed E-state index contributed by atoms with van der Waals surface area (Å²) < 4.78 is 6.24. The van der Waals surface area contributed by atoms with Crippen LogP contribution in [0.3, 0.4) is 0 Å². The zero-order chi connectivity index (χ0) is 31.5. The molecule has 5 heteroatoms. The molecule has 0 saturated carbocycles. The fourth-order valence-corrected chi connectivity index (χ4v) is 6.63. The molecule has 8 aromatic rings. The molecular formula is C42H26N4O. The molecule has 0 aliphatic heterocycles. The summed E-state index contributed by atoms with van der Waals surface area (Å²) in [7, 11) is 0. The van der Waals surface area contributed by atoms with Gasteiger partial charge in [0.05, 0.1) is 22.8 Å². The lowest BCUT2D eigenvalue weighted by atomic mass is 9.89. The minimum Gasteiger partial charge on any atom is -0.456 e. The molecule has 6 aromatic carbocycles. The van der Waals surface area contributed by atoms with Crippen LogP contribution in [0.1, 0.15) is 11.1 Å². The summed E-state index contributed by atoms with van der Waals surface area (Å²) in [5.41, 5.74) is 10.6. The molecule has 2 N–H and O–H groups in total. The van der Waals surface area contributed by atoms with Crippen LogP contribution in [0.4, 0.5) is 0 Å². The number of para-hydroxylation sites is 1. The molecule has 1 aliphatic carbocycles. The maximum atomic E-state index is 8.60. The van der Waals surface area contributed by atoms with Crippen molar-refractivity contribution in [1.29, 1.82) is 10.8 Å². The van der Waals surface area contributed by atoms with Crippen LogP contribution < -0.4 is 0 Å². The SMILES string of the molecule is N=C1C=Cc2ccc3cc(-c4nc(-c5cccc(-c6ccccc6)c5)cc(-c5cccc6oc7ccccc7c56)n4)ccc3c2C1=N. The number of hydrogen-bond donors (Lipinski definition) is 2. The van der Waals surface area contributed by atoms with Crippen LogP contribution in [0, 0.1) is 10.8 Å². The molecule has 0 bridgehead atoms. The predicted octanol–water partition coefficient (Wildman–Crippen LogP) is 10.6. The van der Waals surface area contributed by atoms with E-state index in [0.29, 0.717) is 5.82 Å². The van der Waals surface area contributed by atoms with E-state index in [9.17, 15) is 0 Å². The number of nitrogens with one attached hydrogen (secondary N) is 2. The highest BCUT2D eigenvalue weighted by atomic mass is 16.3. The summed E-state index contributed by atoms with van der Waals surface area (Å²) in [6, 6.07) is 45.3. The van der Waals surface area contributed by atoms with Crippen molar-refractivity contribution in [3.63, 3.8) is 0 Å². The van der Waals surface area contributed by atoms with Gasteiger partial charge in [0.15, 0.2) is 5.82 Å². The molecule has 9 rings (SSSR count). The maximum Gasteiger partial charge on any atom is 0.160 e. The van der Waals surface area contributed by atoms with Crippen molar-refractivity contribution in [3.8, 4) is 45.0 Å². The highest BCUT2D eigenvalue weighted by Gasteiger charge is 2.20. The predicted molar refractivity (Wildman–Crippen MR) is 192 cm³/mol. The van der Waals surface area contributed by atoms with Crippen LogP contribution >= 0.6 is 0 Å². The minimum atomic E-state index is 0.216. The van der Waals surface area contributed by atoms with Gasteiger partial charge in [-0.2, -0.15) is 0 Å². The van der Waals surface area contributed by atoms with E-state index in [1.54, 1.807) is 6.08 Å². The number of aromatic nitrogens is 2. The van der Waals surface area contributed by atoms with E-state index in [2.05, 4.69) is 78.9 Å². The van der Waals surface area contributed by atoms with Crippen LogP contribution in [0.25, 0.3) is 83.8 Å². The third-order valence-corrected chi connectivity index (χ3v) is 8.93. The van der Waals surface area contributed by atoms with Crippen LogP contribution in [0.15, 0.2) is 144 Å². The molecule has 2 aromatic heterocycles. The molecule has 0 amide bonds. The quantitative estimate of drug-likeness (QED) is 0.210. The normalized spacial score (nSPS) is 12.7. The largest absolute Gasteiger partial charge is 0.456 e. The number of furan rings is 1. The van der Waals surface area contributed by atoms with Crippen LogP contribution in [0.2, 0.25) is 0 Å². The molecule has 5 nitrogen and oxygen atoms in total. The van der Waals surface area contributed by atoms with Gasteiger partial charge in [-0.1, -0.05) is 109 Å². The van der Waals surface area contributed by atoms with Gasteiger partial charge in [-0.15, -0.1) is 0 Å². The van der Waals surface area contributed by atoms with Gasteiger partial charge in [-0.3, -0.25) is 10.8 Å². The Morgan fingerprint density at radius 1 is 0.511 bits per heavy atom. The van der Waals surface area contributed by atoms with E-state index in [1.165, 1.54) is 0 Å². The molecule has 0 unspecified atom stereocenters. The number of allylic oxidation sites excluding steroid dienone is 1. The molecule has 1 aliphatic rings. The molecule has 0 spiro atoms. The van der Waals surface area contributed by atoms with Gasteiger partial charge in [0.1, 0.15) is 11.2 Å². The first-order chi connectivity index (χ1) is 23.1. The third-order valence-electron chi connectivity index (χ3n) is 8.93. The maximum absolute atomic E-state index is 8.60. The lowest BCUT2D eigenvalue weighted by Crippen LogP contribution is -2.16. The fourth-order valence-electron chi connectivity index (χ4n) is 6.63. The highest BCUT2D eigenvalue weighted by molar-refractivity contribution is 6.53. The lowest BCUT2D eigenvalue weighted by molar-refractivity contribution is 0.669. The molecular weight excluding hydrogens is 576 g/mol. The number of fused-ring (bicyclic) bond motifs is 6. The first-order valence-electron chi connectivity index (χ1n) is 15.5. The van der Waals surface area contributed by atoms with E-state index in [4.69, 9.17) is 25.2 Å². The second kappa shape index (κ2) is 10.6. The van der Waals surface area contributed by atoms with E-state index in [-0.39, 0.29) is 11.4 Å². The standard InChI is InChI=1S/C42H26N4O/c43-34-21-19-26-16-17-28-23-30(18-20-31(28)39(26)41(34)44)42-45-35(29-11-6-10-27(22-29)25-8-2-1-3-9-25)24-36(46-42)32-13-7-15-38-40(32)33-12-4-5-14-37(33)47-38/h1-24,43-44H. The van der Waals surface area contributed by atoms with Crippen LogP contribution in [0.5, 0.6) is 0 Å². The minimum absolute atomic E-state index is 0.216. The van der Waals surface area contributed by atoms with Crippen molar-refractivity contribution in [2.24, 2.45) is 0 Å². The second-order valence-electron chi connectivity index (χ2n) is 11.8. The zero-order valence-electron chi connectivity index (χ0n) is 25.2. The van der Waals surface area contributed by atoms with Gasteiger partial charge in [0.2, 0.25) is 0 Å². The smallest absolute Gasteiger partial charge is 0.160 e. The Balaban J connectivity index is 1.27. The van der Waals surface area contributed by atoms with Crippen molar-refractivity contribution in [1.82, 2.24) is 9.97 Å². The molecule has 0 atom stereocenters. The molecule has 220 valence electrons. The topological polar surface area (TPSA) is 86.6 Å². The number of nitrogens with zero attached hydrogens (tertiary/aromatic N) is 2. The number of hydrogen-bond acceptors (Lipinski definition) is 5. The average molecular weight is 603 g/mol. The monoisotopic (exact) mass is 602 g/mol. The zero-order valence-corrected chi connectivity index (χ0v) is 25.2. The summed E-state index contributed by atoms with van der Waals surface area (Å²) in [4.78, 5) is 10.4. The van der Waals surface area contributed by atoms with Gasteiger partial charge in [-0.25, -0.2) is 9.97 Å². The van der Waals surface area contributed by atoms with Gasteiger partial charge in [0.25, 0.3) is 0 Å². The van der Waals surface area contributed by atoms with Crippen LogP contribution in [-0.4, -0.2) is 21.4 Å². The van der Waals surface area contributed by atoms with Crippen LogP contribution in [-0.2, 0) is 0 Å². The number of benzene rings is 6. The Labute approximate surface area is 270 Å². The average Bonchev–Trinajstić information content (AvgIpc) is 3.52. The Morgan fingerprint density at radius 3 is 2.19 bits per heavy atom. The van der Waals surface area contributed by atoms with E-state index in [1.807, 2.05) is 60.7 Å². The summed E-state index contributed by atoms with van der Waals surface area (Å²) in [6.07, 6.45) is 3.59. The van der Waals surface area contributed by atoms with E-state index < -0.39 is 0 Å². The van der Waals surface area contributed by atoms with Crippen molar-refractivity contribution < 1.29 is 4.42 Å². The van der Waals surface area contributed by atoms with E-state index >= 15 is 0 Å². The first kappa shape index (κ1) is 26.9. The lowest BCUT2D eigenvalue weighted by Gasteiger charge is -2.16. The van der Waals surface area contributed by atoms with Gasteiger partial charge < -0.3 is 4.42 Å².